The zero-order valence-electron chi connectivity index (χ0n) is 11.8. The standard InChI is InChI=1S/C16H24N2O/c1-13(14-5-10-17-11-6-14)18-12-15-4-9-16(19-15)7-2-3-8-16/h5-6,10-11,13,15,18H,2-4,7-9,12H2,1H3. The molecule has 2 fully saturated rings. The van der Waals surface area contributed by atoms with E-state index >= 15 is 0 Å². The maximum absolute atomic E-state index is 6.32. The molecule has 2 unspecified atom stereocenters. The van der Waals surface area contributed by atoms with Crippen LogP contribution in [-0.4, -0.2) is 23.2 Å². The van der Waals surface area contributed by atoms with E-state index in [1.54, 1.807) is 0 Å². The largest absolute Gasteiger partial charge is 0.370 e. The molecule has 2 aliphatic rings. The van der Waals surface area contributed by atoms with Crippen molar-refractivity contribution in [3.05, 3.63) is 30.1 Å². The van der Waals surface area contributed by atoms with Gasteiger partial charge >= 0.3 is 0 Å². The van der Waals surface area contributed by atoms with Crippen molar-refractivity contribution in [1.29, 1.82) is 0 Å². The quantitative estimate of drug-likeness (QED) is 0.902. The van der Waals surface area contributed by atoms with Gasteiger partial charge in [0.25, 0.3) is 0 Å². The Bertz CT molecular complexity index is 400. The number of rotatable bonds is 4. The highest BCUT2D eigenvalue weighted by Crippen LogP contribution is 2.43. The average Bonchev–Trinajstić information content (AvgIpc) is 3.08. The fourth-order valence-electron chi connectivity index (χ4n) is 3.50. The second kappa shape index (κ2) is 5.59. The minimum Gasteiger partial charge on any atom is -0.370 e. The Kier molecular flexibility index (Phi) is 3.85. The highest BCUT2D eigenvalue weighted by molar-refractivity contribution is 5.13. The minimum absolute atomic E-state index is 0.256. The molecule has 1 aromatic heterocycles. The first-order valence-corrected chi connectivity index (χ1v) is 7.59. The highest BCUT2D eigenvalue weighted by atomic mass is 16.5. The van der Waals surface area contributed by atoms with Crippen molar-refractivity contribution in [2.75, 3.05) is 6.54 Å². The Morgan fingerprint density at radius 1 is 1.32 bits per heavy atom. The van der Waals surface area contributed by atoms with Crippen LogP contribution in [0.1, 0.15) is 57.1 Å². The minimum atomic E-state index is 0.256. The van der Waals surface area contributed by atoms with E-state index in [1.165, 1.54) is 44.1 Å². The van der Waals surface area contributed by atoms with E-state index in [1.807, 2.05) is 12.4 Å². The van der Waals surface area contributed by atoms with Gasteiger partial charge in [0.1, 0.15) is 0 Å². The molecule has 1 aliphatic heterocycles. The van der Waals surface area contributed by atoms with E-state index in [0.717, 1.165) is 6.54 Å². The van der Waals surface area contributed by atoms with E-state index in [-0.39, 0.29) is 5.60 Å². The molecule has 1 aromatic rings. The molecular formula is C16H24N2O. The van der Waals surface area contributed by atoms with E-state index in [9.17, 15) is 0 Å². The van der Waals surface area contributed by atoms with Gasteiger partial charge in [-0.2, -0.15) is 0 Å². The maximum atomic E-state index is 6.32. The summed E-state index contributed by atoms with van der Waals surface area (Å²) in [4.78, 5) is 4.06. The first kappa shape index (κ1) is 13.1. The molecule has 0 amide bonds. The van der Waals surface area contributed by atoms with Crippen molar-refractivity contribution in [1.82, 2.24) is 10.3 Å². The lowest BCUT2D eigenvalue weighted by atomic mass is 9.98. The number of hydrogen-bond donors (Lipinski definition) is 1. The SMILES string of the molecule is CC(NCC1CCC2(CCCC2)O1)c1ccncc1. The molecule has 3 heteroatoms. The Hall–Kier alpha value is -0.930. The summed E-state index contributed by atoms with van der Waals surface area (Å²) in [6.07, 6.45) is 11.9. The monoisotopic (exact) mass is 260 g/mol. The third-order valence-corrected chi connectivity index (χ3v) is 4.71. The van der Waals surface area contributed by atoms with Crippen LogP contribution in [0, 0.1) is 0 Å². The molecule has 2 atom stereocenters. The lowest BCUT2D eigenvalue weighted by molar-refractivity contribution is -0.0357. The summed E-state index contributed by atoms with van der Waals surface area (Å²) in [5.41, 5.74) is 1.55. The molecule has 0 aromatic carbocycles. The van der Waals surface area contributed by atoms with E-state index in [2.05, 4.69) is 29.4 Å². The number of nitrogens with zero attached hydrogens (tertiary/aromatic N) is 1. The summed E-state index contributed by atoms with van der Waals surface area (Å²) in [5.74, 6) is 0. The zero-order chi connectivity index (χ0) is 13.1. The molecule has 19 heavy (non-hydrogen) atoms. The third-order valence-electron chi connectivity index (χ3n) is 4.71. The molecule has 1 N–H and O–H groups in total. The number of ether oxygens (including phenoxy) is 1. The summed E-state index contributed by atoms with van der Waals surface area (Å²) < 4.78 is 6.32. The molecule has 0 bridgehead atoms. The van der Waals surface area contributed by atoms with Crippen molar-refractivity contribution < 1.29 is 4.74 Å². The molecule has 3 rings (SSSR count). The predicted molar refractivity (Wildman–Crippen MR) is 76.0 cm³/mol. The molecular weight excluding hydrogens is 236 g/mol. The summed E-state index contributed by atoms with van der Waals surface area (Å²) in [6, 6.07) is 4.52. The van der Waals surface area contributed by atoms with E-state index < -0.39 is 0 Å². The fourth-order valence-corrected chi connectivity index (χ4v) is 3.50. The Morgan fingerprint density at radius 2 is 2.05 bits per heavy atom. The van der Waals surface area contributed by atoms with Crippen molar-refractivity contribution in [3.63, 3.8) is 0 Å². The van der Waals surface area contributed by atoms with Crippen molar-refractivity contribution in [2.45, 2.75) is 63.2 Å². The highest BCUT2D eigenvalue weighted by Gasteiger charge is 2.41. The topological polar surface area (TPSA) is 34.1 Å². The van der Waals surface area contributed by atoms with Crippen LogP contribution < -0.4 is 5.32 Å². The summed E-state index contributed by atoms with van der Waals surface area (Å²) in [7, 11) is 0. The zero-order valence-corrected chi connectivity index (χ0v) is 11.8. The van der Waals surface area contributed by atoms with Gasteiger partial charge in [-0.05, 0) is 50.3 Å². The molecule has 0 radical (unpaired) electrons. The average molecular weight is 260 g/mol. The van der Waals surface area contributed by atoms with Crippen LogP contribution in [0.3, 0.4) is 0 Å². The molecule has 104 valence electrons. The Balaban J connectivity index is 1.48. The molecule has 1 saturated carbocycles. The van der Waals surface area contributed by atoms with E-state index in [4.69, 9.17) is 4.74 Å². The van der Waals surface area contributed by atoms with Crippen LogP contribution in [0.5, 0.6) is 0 Å². The molecule has 3 nitrogen and oxygen atoms in total. The van der Waals surface area contributed by atoms with Crippen LogP contribution in [0.25, 0.3) is 0 Å². The van der Waals surface area contributed by atoms with Gasteiger partial charge in [0.05, 0.1) is 11.7 Å². The second-order valence-electron chi connectivity index (χ2n) is 6.08. The molecule has 1 aliphatic carbocycles. The van der Waals surface area contributed by atoms with E-state index in [0.29, 0.717) is 12.1 Å². The van der Waals surface area contributed by atoms with Gasteiger partial charge in [-0.3, -0.25) is 4.98 Å². The number of pyridine rings is 1. The summed E-state index contributed by atoms with van der Waals surface area (Å²) in [5, 5.41) is 3.59. The van der Waals surface area contributed by atoms with Crippen molar-refractivity contribution in [2.24, 2.45) is 0 Å². The van der Waals surface area contributed by atoms with Gasteiger partial charge in [0.15, 0.2) is 0 Å². The normalized spacial score (nSPS) is 26.9. The molecule has 1 saturated heterocycles. The van der Waals surface area contributed by atoms with Gasteiger partial charge in [0, 0.05) is 25.0 Å². The lowest BCUT2D eigenvalue weighted by Gasteiger charge is -2.24. The lowest BCUT2D eigenvalue weighted by Crippen LogP contribution is -2.32. The first-order chi connectivity index (χ1) is 9.27. The first-order valence-electron chi connectivity index (χ1n) is 7.59. The fraction of sp³-hybridized carbons (Fsp3) is 0.688. The van der Waals surface area contributed by atoms with Gasteiger partial charge in [-0.1, -0.05) is 12.8 Å². The number of nitrogens with one attached hydrogen (secondary N) is 1. The van der Waals surface area contributed by atoms with Crippen LogP contribution in [0.2, 0.25) is 0 Å². The van der Waals surface area contributed by atoms with Gasteiger partial charge in [0.2, 0.25) is 0 Å². The van der Waals surface area contributed by atoms with Gasteiger partial charge in [-0.15, -0.1) is 0 Å². The predicted octanol–water partition coefficient (Wildman–Crippen LogP) is 3.22. The van der Waals surface area contributed by atoms with Crippen LogP contribution in [0.15, 0.2) is 24.5 Å². The Morgan fingerprint density at radius 3 is 2.79 bits per heavy atom. The summed E-state index contributed by atoms with van der Waals surface area (Å²) in [6.45, 7) is 3.17. The smallest absolute Gasteiger partial charge is 0.0708 e. The van der Waals surface area contributed by atoms with Crippen LogP contribution in [-0.2, 0) is 4.74 Å². The third kappa shape index (κ3) is 2.98. The second-order valence-corrected chi connectivity index (χ2v) is 6.08. The van der Waals surface area contributed by atoms with Crippen LogP contribution in [0.4, 0.5) is 0 Å². The molecule has 2 heterocycles. The maximum Gasteiger partial charge on any atom is 0.0708 e. The molecule has 1 spiro atoms. The van der Waals surface area contributed by atoms with Crippen molar-refractivity contribution in [3.8, 4) is 0 Å². The number of aromatic nitrogens is 1. The van der Waals surface area contributed by atoms with Gasteiger partial charge in [-0.25, -0.2) is 0 Å². The van der Waals surface area contributed by atoms with Gasteiger partial charge < -0.3 is 10.1 Å². The summed E-state index contributed by atoms with van der Waals surface area (Å²) >= 11 is 0. The van der Waals surface area contributed by atoms with Crippen LogP contribution >= 0.6 is 0 Å². The van der Waals surface area contributed by atoms with Crippen molar-refractivity contribution >= 4 is 0 Å². The number of hydrogen-bond acceptors (Lipinski definition) is 3. The Labute approximate surface area is 115 Å².